The van der Waals surface area contributed by atoms with Crippen molar-refractivity contribution in [1.82, 2.24) is 4.90 Å². The van der Waals surface area contributed by atoms with Crippen molar-refractivity contribution in [2.75, 3.05) is 40.0 Å². The van der Waals surface area contributed by atoms with Gasteiger partial charge in [-0.05, 0) is 36.8 Å². The Hall–Kier alpha value is -3.23. The van der Waals surface area contributed by atoms with Gasteiger partial charge in [-0.15, -0.1) is 0 Å². The topological polar surface area (TPSA) is 80.6 Å². The van der Waals surface area contributed by atoms with Gasteiger partial charge < -0.3 is 19.3 Å². The number of hydrogen-bond acceptors (Lipinski definition) is 7. The average Bonchev–Trinajstić information content (AvgIpc) is 2.81. The van der Waals surface area contributed by atoms with Crippen molar-refractivity contribution in [3.8, 4) is 5.75 Å². The van der Waals surface area contributed by atoms with Crippen molar-refractivity contribution >= 4 is 23.6 Å². The second kappa shape index (κ2) is 11.4. The molecule has 1 heterocycles. The zero-order valence-electron chi connectivity index (χ0n) is 18.2. The van der Waals surface area contributed by atoms with Crippen molar-refractivity contribution in [2.24, 2.45) is 4.99 Å². The van der Waals surface area contributed by atoms with Gasteiger partial charge in [0.25, 0.3) is 0 Å². The SMILES string of the molecule is CCOC(=O)C(C=Nc1cccc(OC)c1)=C(O)c1cc(CN2CCOCC2)ccc1F. The molecule has 0 unspecified atom stereocenters. The van der Waals surface area contributed by atoms with Crippen molar-refractivity contribution < 1.29 is 28.5 Å². The number of hydrogen-bond donors (Lipinski definition) is 1. The molecular formula is C24H27FN2O5. The minimum Gasteiger partial charge on any atom is -0.506 e. The number of aliphatic hydroxyl groups excluding tert-OH is 1. The van der Waals surface area contributed by atoms with Crippen LogP contribution in [0.5, 0.6) is 5.75 Å². The molecule has 0 saturated carbocycles. The molecule has 1 saturated heterocycles. The summed E-state index contributed by atoms with van der Waals surface area (Å²) in [7, 11) is 1.53. The highest BCUT2D eigenvalue weighted by molar-refractivity contribution is 6.15. The summed E-state index contributed by atoms with van der Waals surface area (Å²) >= 11 is 0. The normalized spacial score (nSPS) is 15.5. The average molecular weight is 442 g/mol. The Bertz CT molecular complexity index is 1000. The van der Waals surface area contributed by atoms with Crippen LogP contribution in [0.4, 0.5) is 10.1 Å². The summed E-state index contributed by atoms with van der Waals surface area (Å²) < 4.78 is 30.2. The first kappa shape index (κ1) is 23.4. The van der Waals surface area contributed by atoms with Gasteiger partial charge in [0.2, 0.25) is 0 Å². The van der Waals surface area contributed by atoms with E-state index >= 15 is 0 Å². The zero-order chi connectivity index (χ0) is 22.9. The highest BCUT2D eigenvalue weighted by Crippen LogP contribution is 2.24. The molecule has 1 aliphatic rings. The molecule has 1 N–H and O–H groups in total. The molecule has 2 aromatic rings. The monoisotopic (exact) mass is 442 g/mol. The lowest BCUT2D eigenvalue weighted by Crippen LogP contribution is -2.35. The van der Waals surface area contributed by atoms with E-state index < -0.39 is 17.5 Å². The molecule has 3 rings (SSSR count). The van der Waals surface area contributed by atoms with Crippen LogP contribution in [0.1, 0.15) is 18.1 Å². The number of aliphatic hydroxyl groups is 1. The lowest BCUT2D eigenvalue weighted by molar-refractivity contribution is -0.137. The molecule has 32 heavy (non-hydrogen) atoms. The van der Waals surface area contributed by atoms with Crippen molar-refractivity contribution in [2.45, 2.75) is 13.5 Å². The van der Waals surface area contributed by atoms with Crippen LogP contribution in [-0.2, 0) is 20.8 Å². The Kier molecular flexibility index (Phi) is 8.35. The van der Waals surface area contributed by atoms with E-state index in [1.165, 1.54) is 19.4 Å². The number of esters is 1. The van der Waals surface area contributed by atoms with E-state index in [9.17, 15) is 14.3 Å². The van der Waals surface area contributed by atoms with E-state index in [0.29, 0.717) is 31.2 Å². The first-order valence-corrected chi connectivity index (χ1v) is 10.4. The molecule has 0 amide bonds. The number of aliphatic imine (C=N–C) groups is 1. The minimum atomic E-state index is -0.797. The lowest BCUT2D eigenvalue weighted by Gasteiger charge is -2.26. The lowest BCUT2D eigenvalue weighted by atomic mass is 10.0. The Balaban J connectivity index is 1.95. The van der Waals surface area contributed by atoms with E-state index in [-0.39, 0.29) is 17.7 Å². The molecule has 0 atom stereocenters. The maximum absolute atomic E-state index is 14.6. The van der Waals surface area contributed by atoms with Gasteiger partial charge in [-0.2, -0.15) is 0 Å². The number of nitrogens with zero attached hydrogens (tertiary/aromatic N) is 2. The van der Waals surface area contributed by atoms with Gasteiger partial charge in [0.15, 0.2) is 0 Å². The number of methoxy groups -OCH3 is 1. The molecule has 0 radical (unpaired) electrons. The van der Waals surface area contributed by atoms with Crippen LogP contribution in [0, 0.1) is 5.82 Å². The molecule has 2 aromatic carbocycles. The summed E-state index contributed by atoms with van der Waals surface area (Å²) in [6.07, 6.45) is 1.18. The van der Waals surface area contributed by atoms with Gasteiger partial charge in [0, 0.05) is 31.9 Å². The number of ether oxygens (including phenoxy) is 3. The molecule has 0 aliphatic carbocycles. The predicted octanol–water partition coefficient (Wildman–Crippen LogP) is 3.90. The molecule has 170 valence electrons. The van der Waals surface area contributed by atoms with Crippen LogP contribution < -0.4 is 4.74 Å². The fourth-order valence-corrected chi connectivity index (χ4v) is 3.26. The van der Waals surface area contributed by atoms with Crippen LogP contribution in [0.2, 0.25) is 0 Å². The third-order valence-electron chi connectivity index (χ3n) is 4.94. The Morgan fingerprint density at radius 3 is 2.75 bits per heavy atom. The van der Waals surface area contributed by atoms with Gasteiger partial charge in [0.1, 0.15) is 22.9 Å². The van der Waals surface area contributed by atoms with E-state index in [1.54, 1.807) is 43.3 Å². The summed E-state index contributed by atoms with van der Waals surface area (Å²) in [5, 5.41) is 10.9. The van der Waals surface area contributed by atoms with Crippen molar-refractivity contribution in [3.05, 3.63) is 65.0 Å². The summed E-state index contributed by atoms with van der Waals surface area (Å²) in [5.74, 6) is -1.39. The molecule has 1 fully saturated rings. The molecule has 0 spiro atoms. The third kappa shape index (κ3) is 6.15. The van der Waals surface area contributed by atoms with E-state index in [1.807, 2.05) is 0 Å². The maximum atomic E-state index is 14.6. The fourth-order valence-electron chi connectivity index (χ4n) is 3.26. The van der Waals surface area contributed by atoms with Crippen molar-refractivity contribution in [3.63, 3.8) is 0 Å². The molecule has 1 aliphatic heterocycles. The predicted molar refractivity (Wildman–Crippen MR) is 120 cm³/mol. The summed E-state index contributed by atoms with van der Waals surface area (Å²) in [6, 6.07) is 11.4. The Morgan fingerprint density at radius 2 is 2.03 bits per heavy atom. The molecule has 8 heteroatoms. The molecule has 0 aromatic heterocycles. The van der Waals surface area contributed by atoms with Crippen LogP contribution in [0.15, 0.2) is 53.0 Å². The smallest absolute Gasteiger partial charge is 0.343 e. The van der Waals surface area contributed by atoms with Gasteiger partial charge in [-0.1, -0.05) is 12.1 Å². The summed E-state index contributed by atoms with van der Waals surface area (Å²) in [4.78, 5) is 18.9. The number of rotatable bonds is 8. The fraction of sp³-hybridized carbons (Fsp3) is 0.333. The number of carbonyl (C=O) groups is 1. The second-order valence-corrected chi connectivity index (χ2v) is 7.15. The van der Waals surface area contributed by atoms with E-state index in [2.05, 4.69) is 9.89 Å². The third-order valence-corrected chi connectivity index (χ3v) is 4.94. The first-order valence-electron chi connectivity index (χ1n) is 10.4. The van der Waals surface area contributed by atoms with Crippen LogP contribution >= 0.6 is 0 Å². The van der Waals surface area contributed by atoms with Crippen molar-refractivity contribution in [1.29, 1.82) is 0 Å². The largest absolute Gasteiger partial charge is 0.506 e. The molecule has 0 bridgehead atoms. The van der Waals surface area contributed by atoms with Gasteiger partial charge in [0.05, 0.1) is 38.2 Å². The Labute approximate surface area is 186 Å². The van der Waals surface area contributed by atoms with Crippen LogP contribution in [0.3, 0.4) is 0 Å². The van der Waals surface area contributed by atoms with Crippen LogP contribution in [0.25, 0.3) is 5.76 Å². The maximum Gasteiger partial charge on any atom is 0.343 e. The van der Waals surface area contributed by atoms with E-state index in [4.69, 9.17) is 14.2 Å². The highest BCUT2D eigenvalue weighted by Gasteiger charge is 2.20. The highest BCUT2D eigenvalue weighted by atomic mass is 19.1. The summed E-state index contributed by atoms with van der Waals surface area (Å²) in [5.41, 5.74) is 0.983. The quantitative estimate of drug-likeness (QED) is 0.289. The summed E-state index contributed by atoms with van der Waals surface area (Å²) in [6.45, 7) is 5.17. The number of carbonyl (C=O) groups excluding carboxylic acids is 1. The zero-order valence-corrected chi connectivity index (χ0v) is 18.2. The standard InChI is InChI=1S/C24H27FN2O5/c1-3-32-24(29)21(15-26-18-5-4-6-19(14-18)30-2)23(28)20-13-17(7-8-22(20)25)16-27-9-11-31-12-10-27/h4-8,13-15,28H,3,9-12,16H2,1-2H3. The van der Waals surface area contributed by atoms with E-state index in [0.717, 1.165) is 18.7 Å². The van der Waals surface area contributed by atoms with Crippen LogP contribution in [-0.4, -0.2) is 62.2 Å². The molecule has 7 nitrogen and oxygen atoms in total. The number of halogens is 1. The molecular weight excluding hydrogens is 415 g/mol. The van der Waals surface area contributed by atoms with Gasteiger partial charge >= 0.3 is 5.97 Å². The number of morpholine rings is 1. The number of benzene rings is 2. The first-order chi connectivity index (χ1) is 15.5. The Morgan fingerprint density at radius 1 is 1.25 bits per heavy atom. The van der Waals surface area contributed by atoms with Gasteiger partial charge in [-0.3, -0.25) is 9.89 Å². The van der Waals surface area contributed by atoms with Gasteiger partial charge in [-0.25, -0.2) is 9.18 Å². The minimum absolute atomic E-state index is 0.0871. The second-order valence-electron chi connectivity index (χ2n) is 7.15.